The van der Waals surface area contributed by atoms with E-state index in [0.29, 0.717) is 5.92 Å². The van der Waals surface area contributed by atoms with Crippen LogP contribution in [0.1, 0.15) is 32.1 Å². The third kappa shape index (κ3) is 4.07. The zero-order valence-electron chi connectivity index (χ0n) is 8.21. The normalized spacial score (nSPS) is 29.1. The second kappa shape index (κ2) is 6.35. The molecule has 78 valence electrons. The molecule has 2 atom stereocenters. The van der Waals surface area contributed by atoms with Crippen molar-refractivity contribution in [2.24, 2.45) is 5.92 Å². The summed E-state index contributed by atoms with van der Waals surface area (Å²) in [4.78, 5) is 0. The van der Waals surface area contributed by atoms with E-state index in [-0.39, 0.29) is 12.7 Å². The third-order valence-corrected chi connectivity index (χ3v) is 2.79. The molecule has 0 spiro atoms. The molecule has 0 aromatic rings. The van der Waals surface area contributed by atoms with Gasteiger partial charge in [0.1, 0.15) is 0 Å². The first-order valence-corrected chi connectivity index (χ1v) is 5.34. The first-order valence-electron chi connectivity index (χ1n) is 5.34. The summed E-state index contributed by atoms with van der Waals surface area (Å²) in [6.07, 6.45) is 5.25. The van der Waals surface area contributed by atoms with Crippen molar-refractivity contribution in [2.75, 3.05) is 19.7 Å². The molecular weight excluding hydrogens is 166 g/mol. The summed E-state index contributed by atoms with van der Waals surface area (Å²) in [5, 5.41) is 21.5. The first-order chi connectivity index (χ1) is 6.34. The summed E-state index contributed by atoms with van der Waals surface area (Å²) in [5.74, 6) is 0.437. The van der Waals surface area contributed by atoms with Gasteiger partial charge in [0.25, 0.3) is 0 Å². The van der Waals surface area contributed by atoms with E-state index in [1.54, 1.807) is 0 Å². The lowest BCUT2D eigenvalue weighted by Gasteiger charge is -2.27. The molecule has 3 nitrogen and oxygen atoms in total. The van der Waals surface area contributed by atoms with Crippen LogP contribution < -0.4 is 5.32 Å². The Morgan fingerprint density at radius 3 is 2.69 bits per heavy atom. The van der Waals surface area contributed by atoms with E-state index >= 15 is 0 Å². The summed E-state index contributed by atoms with van der Waals surface area (Å²) in [6.45, 7) is 2.01. The Bertz CT molecular complexity index is 130. The fourth-order valence-corrected chi connectivity index (χ4v) is 1.92. The van der Waals surface area contributed by atoms with Gasteiger partial charge in [-0.3, -0.25) is 0 Å². The SMILES string of the molecule is OCCCNCC1CCCCC1O. The van der Waals surface area contributed by atoms with Crippen molar-refractivity contribution < 1.29 is 10.2 Å². The highest BCUT2D eigenvalue weighted by atomic mass is 16.3. The van der Waals surface area contributed by atoms with Crippen LogP contribution in [0.5, 0.6) is 0 Å². The van der Waals surface area contributed by atoms with E-state index < -0.39 is 0 Å². The van der Waals surface area contributed by atoms with E-state index in [1.165, 1.54) is 12.8 Å². The van der Waals surface area contributed by atoms with Crippen LogP contribution in [0.2, 0.25) is 0 Å². The highest BCUT2D eigenvalue weighted by Gasteiger charge is 2.21. The molecule has 3 heteroatoms. The number of aliphatic hydroxyl groups excluding tert-OH is 2. The average Bonchev–Trinajstić information content (AvgIpc) is 2.15. The van der Waals surface area contributed by atoms with Crippen LogP contribution in [0.3, 0.4) is 0 Å². The van der Waals surface area contributed by atoms with Crippen molar-refractivity contribution in [1.29, 1.82) is 0 Å². The molecule has 0 aromatic heterocycles. The molecule has 0 heterocycles. The Labute approximate surface area is 80.2 Å². The number of aliphatic hydroxyl groups is 2. The fraction of sp³-hybridized carbons (Fsp3) is 1.00. The van der Waals surface area contributed by atoms with E-state index in [2.05, 4.69) is 5.32 Å². The zero-order valence-corrected chi connectivity index (χ0v) is 8.21. The van der Waals surface area contributed by atoms with Crippen molar-refractivity contribution in [3.05, 3.63) is 0 Å². The van der Waals surface area contributed by atoms with Crippen LogP contribution in [-0.4, -0.2) is 36.0 Å². The van der Waals surface area contributed by atoms with Gasteiger partial charge >= 0.3 is 0 Å². The van der Waals surface area contributed by atoms with Crippen molar-refractivity contribution >= 4 is 0 Å². The smallest absolute Gasteiger partial charge is 0.0580 e. The van der Waals surface area contributed by atoms with Gasteiger partial charge in [0.05, 0.1) is 6.10 Å². The minimum Gasteiger partial charge on any atom is -0.396 e. The lowest BCUT2D eigenvalue weighted by Crippen LogP contribution is -2.34. The molecule has 1 fully saturated rings. The van der Waals surface area contributed by atoms with Crippen molar-refractivity contribution in [3.63, 3.8) is 0 Å². The summed E-state index contributed by atoms with van der Waals surface area (Å²) >= 11 is 0. The van der Waals surface area contributed by atoms with Gasteiger partial charge in [-0.05, 0) is 31.7 Å². The van der Waals surface area contributed by atoms with Crippen LogP contribution in [0.4, 0.5) is 0 Å². The molecule has 2 unspecified atom stereocenters. The molecule has 0 bridgehead atoms. The number of hydrogen-bond acceptors (Lipinski definition) is 3. The lowest BCUT2D eigenvalue weighted by atomic mass is 9.86. The van der Waals surface area contributed by atoms with Gasteiger partial charge in [0.2, 0.25) is 0 Å². The molecule has 1 aliphatic rings. The maximum atomic E-state index is 9.64. The van der Waals surface area contributed by atoms with Crippen molar-refractivity contribution in [3.8, 4) is 0 Å². The Hall–Kier alpha value is -0.120. The molecule has 0 aliphatic heterocycles. The maximum Gasteiger partial charge on any atom is 0.0580 e. The molecule has 3 N–H and O–H groups in total. The second-order valence-corrected chi connectivity index (χ2v) is 3.89. The van der Waals surface area contributed by atoms with Crippen LogP contribution in [-0.2, 0) is 0 Å². The minimum atomic E-state index is -0.102. The number of rotatable bonds is 5. The van der Waals surface area contributed by atoms with Crippen molar-refractivity contribution in [2.45, 2.75) is 38.2 Å². The highest BCUT2D eigenvalue weighted by molar-refractivity contribution is 4.75. The molecule has 0 saturated heterocycles. The van der Waals surface area contributed by atoms with Gasteiger partial charge in [0.15, 0.2) is 0 Å². The molecular formula is C10H21NO2. The highest BCUT2D eigenvalue weighted by Crippen LogP contribution is 2.23. The first kappa shape index (κ1) is 11.0. The largest absolute Gasteiger partial charge is 0.396 e. The monoisotopic (exact) mass is 187 g/mol. The predicted molar refractivity (Wildman–Crippen MR) is 52.5 cm³/mol. The minimum absolute atomic E-state index is 0.102. The Morgan fingerprint density at radius 2 is 2.00 bits per heavy atom. The number of hydrogen-bond donors (Lipinski definition) is 3. The van der Waals surface area contributed by atoms with Gasteiger partial charge in [-0.1, -0.05) is 12.8 Å². The molecule has 0 aromatic carbocycles. The van der Waals surface area contributed by atoms with Gasteiger partial charge < -0.3 is 15.5 Å². The summed E-state index contributed by atoms with van der Waals surface area (Å²) in [5.41, 5.74) is 0. The van der Waals surface area contributed by atoms with Gasteiger partial charge in [-0.2, -0.15) is 0 Å². The topological polar surface area (TPSA) is 52.5 Å². The Morgan fingerprint density at radius 1 is 1.23 bits per heavy atom. The van der Waals surface area contributed by atoms with Gasteiger partial charge in [-0.25, -0.2) is 0 Å². The van der Waals surface area contributed by atoms with Crippen LogP contribution in [0.15, 0.2) is 0 Å². The Kier molecular flexibility index (Phi) is 5.35. The molecule has 0 amide bonds. The van der Waals surface area contributed by atoms with Crippen LogP contribution in [0.25, 0.3) is 0 Å². The molecule has 1 saturated carbocycles. The number of nitrogens with one attached hydrogen (secondary N) is 1. The van der Waals surface area contributed by atoms with E-state index in [9.17, 15) is 5.11 Å². The Balaban J connectivity index is 2.05. The van der Waals surface area contributed by atoms with E-state index in [1.807, 2.05) is 0 Å². The molecule has 1 rings (SSSR count). The maximum absolute atomic E-state index is 9.64. The van der Waals surface area contributed by atoms with E-state index in [0.717, 1.165) is 32.4 Å². The van der Waals surface area contributed by atoms with Crippen LogP contribution in [0, 0.1) is 5.92 Å². The third-order valence-electron chi connectivity index (χ3n) is 2.79. The molecule has 0 radical (unpaired) electrons. The fourth-order valence-electron chi connectivity index (χ4n) is 1.92. The summed E-state index contributed by atoms with van der Waals surface area (Å²) < 4.78 is 0. The summed E-state index contributed by atoms with van der Waals surface area (Å²) in [7, 11) is 0. The predicted octanol–water partition coefficient (Wildman–Crippen LogP) is 0.509. The lowest BCUT2D eigenvalue weighted by molar-refractivity contribution is 0.0695. The van der Waals surface area contributed by atoms with Gasteiger partial charge in [-0.15, -0.1) is 0 Å². The molecule has 1 aliphatic carbocycles. The average molecular weight is 187 g/mol. The van der Waals surface area contributed by atoms with Gasteiger partial charge in [0, 0.05) is 13.2 Å². The zero-order chi connectivity index (χ0) is 9.52. The van der Waals surface area contributed by atoms with E-state index in [4.69, 9.17) is 5.11 Å². The quantitative estimate of drug-likeness (QED) is 0.550. The molecule has 13 heavy (non-hydrogen) atoms. The van der Waals surface area contributed by atoms with Crippen LogP contribution >= 0.6 is 0 Å². The summed E-state index contributed by atoms with van der Waals surface area (Å²) in [6, 6.07) is 0. The van der Waals surface area contributed by atoms with Crippen molar-refractivity contribution in [1.82, 2.24) is 5.32 Å². The second-order valence-electron chi connectivity index (χ2n) is 3.89. The standard InChI is InChI=1S/C10H21NO2/c12-7-3-6-11-8-9-4-1-2-5-10(9)13/h9-13H,1-8H2.